The number of allylic oxidation sites excluding steroid dienone is 22. The molecule has 2 atom stereocenters. The summed E-state index contributed by atoms with van der Waals surface area (Å²) in [7, 11) is 5.94. The molecule has 0 saturated heterocycles. The Balaban J connectivity index is 4.05. The highest BCUT2D eigenvalue weighted by molar-refractivity contribution is 5.70. The molecule has 0 aromatic rings. The number of hydrogen-bond donors (Lipinski definition) is 0. The molecule has 0 aliphatic carbocycles. The van der Waals surface area contributed by atoms with Gasteiger partial charge in [-0.05, 0) is 116 Å². The number of hydrogen-bond acceptors (Lipinski definition) is 8. The maximum atomic E-state index is 13.0. The number of unbranched alkanes of at least 4 members (excludes halogenated alkanes) is 37. The van der Waals surface area contributed by atoms with Crippen LogP contribution >= 0.6 is 0 Å². The fourth-order valence-corrected chi connectivity index (χ4v) is 11.3. The van der Waals surface area contributed by atoms with Gasteiger partial charge in [-0.15, -0.1) is 0 Å². The molecule has 2 unspecified atom stereocenters. The van der Waals surface area contributed by atoms with E-state index in [2.05, 4.69) is 148 Å². The third-order valence-electron chi connectivity index (χ3n) is 17.4. The highest BCUT2D eigenvalue weighted by Gasteiger charge is 2.22. The van der Waals surface area contributed by atoms with Gasteiger partial charge in [-0.1, -0.05) is 353 Å². The van der Waals surface area contributed by atoms with Gasteiger partial charge in [-0.25, -0.2) is 0 Å². The third-order valence-corrected chi connectivity index (χ3v) is 17.4. The van der Waals surface area contributed by atoms with Crippen LogP contribution in [0.25, 0.3) is 0 Å². The molecule has 9 nitrogen and oxygen atoms in total. The molecule has 97 heavy (non-hydrogen) atoms. The molecule has 0 aromatic heterocycles. The van der Waals surface area contributed by atoms with Crippen molar-refractivity contribution in [3.8, 4) is 0 Å². The molecule has 0 radical (unpaired) electrons. The summed E-state index contributed by atoms with van der Waals surface area (Å²) in [6, 6.07) is 0. The maximum Gasteiger partial charge on any atom is 0.306 e. The van der Waals surface area contributed by atoms with Crippen molar-refractivity contribution in [1.29, 1.82) is 0 Å². The summed E-state index contributed by atoms with van der Waals surface area (Å²) < 4.78 is 22.9. The molecule has 0 fully saturated rings. The number of carboxylic acid groups (broad SMARTS) is 1. The van der Waals surface area contributed by atoms with E-state index < -0.39 is 24.3 Å². The van der Waals surface area contributed by atoms with E-state index in [0.29, 0.717) is 23.9 Å². The lowest BCUT2D eigenvalue weighted by Gasteiger charge is -2.26. The first kappa shape index (κ1) is 92.4. The zero-order chi connectivity index (χ0) is 70.4. The number of ether oxygens (including phenoxy) is 4. The van der Waals surface area contributed by atoms with Gasteiger partial charge in [0.15, 0.2) is 12.4 Å². The van der Waals surface area contributed by atoms with Crippen molar-refractivity contribution in [2.24, 2.45) is 0 Å². The highest BCUT2D eigenvalue weighted by Crippen LogP contribution is 2.18. The van der Waals surface area contributed by atoms with Crippen molar-refractivity contribution in [1.82, 2.24) is 0 Å². The largest absolute Gasteiger partial charge is 0.545 e. The van der Waals surface area contributed by atoms with E-state index in [1.165, 1.54) is 212 Å². The average molecular weight is 1350 g/mol. The number of carbonyl (C=O) groups is 3. The van der Waals surface area contributed by atoms with Gasteiger partial charge in [0.2, 0.25) is 0 Å². The maximum absolute atomic E-state index is 13.0. The Morgan fingerprint density at radius 3 is 0.876 bits per heavy atom. The van der Waals surface area contributed by atoms with Gasteiger partial charge in [0.05, 0.1) is 40.3 Å². The van der Waals surface area contributed by atoms with Crippen molar-refractivity contribution < 1.29 is 42.9 Å². The highest BCUT2D eigenvalue weighted by atomic mass is 16.7. The van der Waals surface area contributed by atoms with Crippen LogP contribution in [0.3, 0.4) is 0 Å². The van der Waals surface area contributed by atoms with E-state index in [4.69, 9.17) is 18.9 Å². The van der Waals surface area contributed by atoms with Crippen LogP contribution in [0.2, 0.25) is 0 Å². The molecule has 0 heterocycles. The predicted octanol–water partition coefficient (Wildman–Crippen LogP) is 24.7. The number of aliphatic carboxylic acids is 1. The summed E-state index contributed by atoms with van der Waals surface area (Å²) in [5, 5.41) is 11.9. The molecule has 0 aliphatic heterocycles. The number of likely N-dealkylation sites (N-methyl/N-ethyl adjacent to an activating group) is 1. The standard InChI is InChI=1S/C88H151NO8/c1-6-8-10-12-14-16-18-20-22-24-26-28-30-32-34-36-38-39-40-41-42-43-44-45-46-47-49-51-53-55-57-59-61-63-65-67-69-71-73-75-77-79-86(91)97-84(83-96-88(87(92)93)94-81-80-89(3,4)5)82-95-85(90)78-76-74-72-70-68-66-64-62-60-58-56-54-52-50-48-37-35-33-31-29-27-25-23-21-19-17-15-13-11-9-7-2/h8,10,14,16,19-22,25-28,32,34,38-39,41-42,44-45,47,49,84,88H,6-7,9,11-13,15,17-18,23-24,29-31,33,35-37,40,43,46,48,50-83H2,1-5H3/b10-8-,16-14-,21-19-,22-20-,27-25-,28-26-,34-32-,39-38-,42-41-,45-44-,49-47-. The van der Waals surface area contributed by atoms with Crippen LogP contribution in [0, 0.1) is 0 Å². The van der Waals surface area contributed by atoms with Gasteiger partial charge < -0.3 is 33.3 Å². The lowest BCUT2D eigenvalue weighted by molar-refractivity contribution is -0.870. The first-order chi connectivity index (χ1) is 47.6. The van der Waals surface area contributed by atoms with Crippen LogP contribution in [-0.2, 0) is 33.3 Å². The molecule has 556 valence electrons. The summed E-state index contributed by atoms with van der Waals surface area (Å²) in [6.45, 7) is 4.65. The van der Waals surface area contributed by atoms with Crippen LogP contribution in [0.15, 0.2) is 134 Å². The predicted molar refractivity (Wildman–Crippen MR) is 416 cm³/mol. The van der Waals surface area contributed by atoms with Crippen molar-refractivity contribution >= 4 is 17.9 Å². The molecule has 0 aromatic carbocycles. The Kier molecular flexibility index (Phi) is 73.5. The van der Waals surface area contributed by atoms with Gasteiger partial charge >= 0.3 is 11.9 Å². The van der Waals surface area contributed by atoms with Gasteiger partial charge in [-0.3, -0.25) is 9.59 Å². The second kappa shape index (κ2) is 77.2. The summed E-state index contributed by atoms with van der Waals surface area (Å²) in [6.07, 6.45) is 108. The normalized spacial score (nSPS) is 13.4. The molecular formula is C88H151NO8. The molecule has 0 bridgehead atoms. The fourth-order valence-electron chi connectivity index (χ4n) is 11.3. The second-order valence-electron chi connectivity index (χ2n) is 28.0. The zero-order valence-corrected chi connectivity index (χ0v) is 63.7. The quantitative estimate of drug-likeness (QED) is 0.0195. The number of carbonyl (C=O) groups excluding carboxylic acids is 3. The number of esters is 2. The molecule has 0 N–H and O–H groups in total. The Morgan fingerprint density at radius 2 is 0.588 bits per heavy atom. The molecule has 0 rings (SSSR count). The van der Waals surface area contributed by atoms with E-state index in [0.717, 1.165) is 103 Å². The first-order valence-electron chi connectivity index (χ1n) is 40.3. The molecular weight excluding hydrogens is 1200 g/mol. The number of rotatable bonds is 74. The van der Waals surface area contributed by atoms with E-state index in [1.807, 2.05) is 21.1 Å². The van der Waals surface area contributed by atoms with Gasteiger partial charge in [0.25, 0.3) is 0 Å². The summed E-state index contributed by atoms with van der Waals surface area (Å²) in [4.78, 5) is 37.6. The van der Waals surface area contributed by atoms with Gasteiger partial charge in [-0.2, -0.15) is 0 Å². The van der Waals surface area contributed by atoms with E-state index in [9.17, 15) is 19.5 Å². The first-order valence-corrected chi connectivity index (χ1v) is 40.3. The van der Waals surface area contributed by atoms with Gasteiger partial charge in [0, 0.05) is 12.8 Å². The van der Waals surface area contributed by atoms with E-state index in [1.54, 1.807) is 0 Å². The number of quaternary nitrogens is 1. The van der Waals surface area contributed by atoms with Crippen LogP contribution in [0.1, 0.15) is 348 Å². The fraction of sp³-hybridized carbons (Fsp3) is 0.716. The van der Waals surface area contributed by atoms with Crippen LogP contribution in [0.5, 0.6) is 0 Å². The van der Waals surface area contributed by atoms with Crippen LogP contribution in [0.4, 0.5) is 0 Å². The molecule has 9 heteroatoms. The minimum atomic E-state index is -1.63. The lowest BCUT2D eigenvalue weighted by atomic mass is 10.0. The SMILES string of the molecule is CC/C=C\C/C=C\C/C=C\C/C=C\C/C=C\C/C=C\C/C=C\C/C=C\C/C=C\CCCCCCCCCCCCCCCC(=O)OC(COC(=O)CCCCCCCCCCCCCCCCCCCCC/C=C\C/C=C\CCCCCCC)COC(OCC[N+](C)(C)C)C(=O)[O-]. The van der Waals surface area contributed by atoms with Gasteiger partial charge in [0.1, 0.15) is 13.2 Å². The summed E-state index contributed by atoms with van der Waals surface area (Å²) in [5.41, 5.74) is 0. The minimum Gasteiger partial charge on any atom is -0.545 e. The van der Waals surface area contributed by atoms with Crippen LogP contribution < -0.4 is 5.11 Å². The molecule has 0 spiro atoms. The van der Waals surface area contributed by atoms with Crippen molar-refractivity contribution in [2.75, 3.05) is 47.5 Å². The monoisotopic (exact) mass is 1350 g/mol. The Morgan fingerprint density at radius 1 is 0.320 bits per heavy atom. The average Bonchev–Trinajstić information content (AvgIpc) is 3.27. The Labute approximate surface area is 599 Å². The topological polar surface area (TPSA) is 111 Å². The van der Waals surface area contributed by atoms with Crippen molar-refractivity contribution in [3.63, 3.8) is 0 Å². The molecule has 0 aliphatic rings. The Hall–Kier alpha value is -4.57. The second-order valence-corrected chi connectivity index (χ2v) is 28.0. The smallest absolute Gasteiger partial charge is 0.306 e. The molecule has 0 amide bonds. The third kappa shape index (κ3) is 78.6. The number of nitrogens with zero attached hydrogens (tertiary/aromatic N) is 1. The summed E-state index contributed by atoms with van der Waals surface area (Å²) in [5.74, 6) is -2.27. The van der Waals surface area contributed by atoms with Crippen molar-refractivity contribution in [2.45, 2.75) is 360 Å². The van der Waals surface area contributed by atoms with Crippen LogP contribution in [-0.4, -0.2) is 82.3 Å². The van der Waals surface area contributed by atoms with E-state index >= 15 is 0 Å². The Bertz CT molecular complexity index is 2060. The number of carboxylic acids is 1. The van der Waals surface area contributed by atoms with Crippen molar-refractivity contribution in [3.05, 3.63) is 134 Å². The zero-order valence-electron chi connectivity index (χ0n) is 63.7. The molecule has 0 saturated carbocycles. The van der Waals surface area contributed by atoms with E-state index in [-0.39, 0.29) is 32.2 Å². The lowest BCUT2D eigenvalue weighted by Crippen LogP contribution is -2.44. The minimum absolute atomic E-state index is 0.144. The summed E-state index contributed by atoms with van der Waals surface area (Å²) >= 11 is 0.